The summed E-state index contributed by atoms with van der Waals surface area (Å²) in [6.07, 6.45) is 0. The number of ether oxygens (including phenoxy) is 1. The number of rotatable bonds is 5. The van der Waals surface area contributed by atoms with Crippen LogP contribution in [0.3, 0.4) is 0 Å². The first kappa shape index (κ1) is 22.2. The Morgan fingerprint density at radius 3 is 2.36 bits per heavy atom. The second-order valence-corrected chi connectivity index (χ2v) is 7.76. The van der Waals surface area contributed by atoms with E-state index < -0.39 is 35.1 Å². The maximum Gasteiger partial charge on any atom is 0.295 e. The molecule has 1 heterocycles. The molecule has 0 bridgehead atoms. The van der Waals surface area contributed by atoms with Gasteiger partial charge in [0.25, 0.3) is 11.7 Å². The highest BCUT2D eigenvalue weighted by Crippen LogP contribution is 2.41. The Hall–Kier alpha value is -4.00. The third kappa shape index (κ3) is 4.09. The number of benzene rings is 3. The minimum Gasteiger partial charge on any atom is -0.507 e. The van der Waals surface area contributed by atoms with E-state index in [1.54, 1.807) is 31.2 Å². The normalized spacial score (nSPS) is 17.5. The van der Waals surface area contributed by atoms with Crippen LogP contribution >= 0.6 is 0 Å². The summed E-state index contributed by atoms with van der Waals surface area (Å²) in [7, 11) is 1.51. The Morgan fingerprint density at radius 2 is 1.73 bits per heavy atom. The number of aliphatic hydroxyl groups excluding tert-OH is 1. The summed E-state index contributed by atoms with van der Waals surface area (Å²) in [5.41, 5.74) is 1.37. The molecule has 1 atom stereocenters. The molecule has 1 amide bonds. The molecule has 1 aliphatic heterocycles. The third-order valence-electron chi connectivity index (χ3n) is 5.69. The number of aryl methyl sites for hydroxylation is 1. The Morgan fingerprint density at radius 1 is 1.03 bits per heavy atom. The molecule has 168 valence electrons. The van der Waals surface area contributed by atoms with Crippen LogP contribution in [-0.2, 0) is 16.1 Å². The highest BCUT2D eigenvalue weighted by Gasteiger charge is 2.47. The Bertz CT molecular complexity index is 1270. The molecule has 0 aromatic heterocycles. The highest BCUT2D eigenvalue weighted by atomic mass is 19.1. The Balaban J connectivity index is 1.88. The molecule has 1 aliphatic rings. The summed E-state index contributed by atoms with van der Waals surface area (Å²) in [5, 5.41) is 11.2. The van der Waals surface area contributed by atoms with Gasteiger partial charge in [-0.25, -0.2) is 8.78 Å². The number of aliphatic hydroxyl groups is 1. The van der Waals surface area contributed by atoms with Crippen molar-refractivity contribution in [2.75, 3.05) is 7.11 Å². The molecule has 1 unspecified atom stereocenters. The van der Waals surface area contributed by atoms with Crippen LogP contribution in [0.5, 0.6) is 5.75 Å². The molecule has 1 N–H and O–H groups in total. The zero-order valence-electron chi connectivity index (χ0n) is 18.0. The fourth-order valence-corrected chi connectivity index (χ4v) is 4.02. The van der Waals surface area contributed by atoms with Gasteiger partial charge in [-0.1, -0.05) is 30.3 Å². The van der Waals surface area contributed by atoms with E-state index in [0.717, 1.165) is 0 Å². The molecule has 3 aromatic rings. The van der Waals surface area contributed by atoms with Gasteiger partial charge in [0.05, 0.1) is 18.7 Å². The minimum atomic E-state index is -1.15. The van der Waals surface area contributed by atoms with Crippen LogP contribution < -0.4 is 4.74 Å². The van der Waals surface area contributed by atoms with Gasteiger partial charge in [0.15, 0.2) is 0 Å². The number of carbonyl (C=O) groups is 2. The number of hydrogen-bond acceptors (Lipinski definition) is 4. The lowest BCUT2D eigenvalue weighted by molar-refractivity contribution is -0.140. The fourth-order valence-electron chi connectivity index (χ4n) is 4.02. The lowest BCUT2D eigenvalue weighted by atomic mass is 9.93. The van der Waals surface area contributed by atoms with Gasteiger partial charge in [-0.3, -0.25) is 9.59 Å². The van der Waals surface area contributed by atoms with Crippen LogP contribution in [0.15, 0.2) is 72.3 Å². The van der Waals surface area contributed by atoms with Crippen molar-refractivity contribution in [1.29, 1.82) is 0 Å². The maximum absolute atomic E-state index is 14.9. The van der Waals surface area contributed by atoms with Gasteiger partial charge in [0.1, 0.15) is 23.1 Å². The summed E-state index contributed by atoms with van der Waals surface area (Å²) in [6.45, 7) is 1.66. The van der Waals surface area contributed by atoms with E-state index in [9.17, 15) is 23.5 Å². The molecule has 0 aliphatic carbocycles. The average molecular weight is 449 g/mol. The molecule has 4 rings (SSSR count). The average Bonchev–Trinajstić information content (AvgIpc) is 3.05. The van der Waals surface area contributed by atoms with E-state index in [1.165, 1.54) is 54.5 Å². The minimum absolute atomic E-state index is 0.0672. The van der Waals surface area contributed by atoms with Crippen LogP contribution in [0, 0.1) is 18.6 Å². The predicted molar refractivity (Wildman–Crippen MR) is 118 cm³/mol. The summed E-state index contributed by atoms with van der Waals surface area (Å²) < 4.78 is 33.4. The largest absolute Gasteiger partial charge is 0.507 e. The Labute approximate surface area is 189 Å². The first-order chi connectivity index (χ1) is 15.8. The topological polar surface area (TPSA) is 66.8 Å². The van der Waals surface area contributed by atoms with E-state index in [0.29, 0.717) is 22.4 Å². The molecule has 0 spiro atoms. The summed E-state index contributed by atoms with van der Waals surface area (Å²) >= 11 is 0. The number of ketones is 1. The van der Waals surface area contributed by atoms with Gasteiger partial charge in [-0.15, -0.1) is 0 Å². The second kappa shape index (κ2) is 8.86. The van der Waals surface area contributed by atoms with Gasteiger partial charge >= 0.3 is 0 Å². The van der Waals surface area contributed by atoms with Gasteiger partial charge in [-0.05, 0) is 54.4 Å². The van der Waals surface area contributed by atoms with E-state index in [4.69, 9.17) is 4.74 Å². The number of methoxy groups -OCH3 is 1. The van der Waals surface area contributed by atoms with Crippen LogP contribution in [0.1, 0.15) is 28.3 Å². The molecule has 7 heteroatoms. The number of carbonyl (C=O) groups excluding carboxylic acids is 2. The zero-order chi connectivity index (χ0) is 23.7. The lowest BCUT2D eigenvalue weighted by Gasteiger charge is -2.26. The second-order valence-electron chi connectivity index (χ2n) is 7.76. The predicted octanol–water partition coefficient (Wildman–Crippen LogP) is 4.90. The molecular weight excluding hydrogens is 428 g/mol. The molecule has 0 radical (unpaired) electrons. The molecule has 33 heavy (non-hydrogen) atoms. The first-order valence-corrected chi connectivity index (χ1v) is 10.2. The van der Waals surface area contributed by atoms with Crippen molar-refractivity contribution in [2.24, 2.45) is 0 Å². The van der Waals surface area contributed by atoms with Crippen LogP contribution in [0.4, 0.5) is 8.78 Å². The van der Waals surface area contributed by atoms with Crippen molar-refractivity contribution >= 4 is 17.4 Å². The summed E-state index contributed by atoms with van der Waals surface area (Å²) in [5.74, 6) is -2.69. The van der Waals surface area contributed by atoms with Gasteiger partial charge < -0.3 is 14.7 Å². The number of halogens is 2. The summed E-state index contributed by atoms with van der Waals surface area (Å²) in [4.78, 5) is 27.3. The lowest BCUT2D eigenvalue weighted by Crippen LogP contribution is -2.29. The molecule has 3 aromatic carbocycles. The first-order valence-electron chi connectivity index (χ1n) is 10.2. The monoisotopic (exact) mass is 449 g/mol. The van der Waals surface area contributed by atoms with Crippen LogP contribution in [0.25, 0.3) is 5.76 Å². The summed E-state index contributed by atoms with van der Waals surface area (Å²) in [6, 6.07) is 15.0. The number of Topliss-reactive ketones (excluding diaryl/α,β-unsaturated/α-hetero) is 1. The van der Waals surface area contributed by atoms with Crippen molar-refractivity contribution in [3.05, 3.63) is 106 Å². The molecule has 1 fully saturated rings. The van der Waals surface area contributed by atoms with Crippen molar-refractivity contribution in [3.8, 4) is 5.75 Å². The standard InChI is InChI=1S/C26H21F2NO4/c1-15-13-18(33-2)11-12-19(15)24(30)22-23(20-5-3-4-6-21(20)28)29(26(32)25(22)31)14-16-7-9-17(27)10-8-16/h3-13,23,30H,14H2,1-2H3/b24-22+. The Kier molecular flexibility index (Phi) is 5.96. The van der Waals surface area contributed by atoms with Gasteiger partial charge in [-0.2, -0.15) is 0 Å². The number of hydrogen-bond donors (Lipinski definition) is 1. The quantitative estimate of drug-likeness (QED) is 0.342. The number of likely N-dealkylation sites (tertiary alicyclic amines) is 1. The zero-order valence-corrected chi connectivity index (χ0v) is 18.0. The van der Waals surface area contributed by atoms with Crippen LogP contribution in [-0.4, -0.2) is 28.8 Å². The van der Waals surface area contributed by atoms with Crippen molar-refractivity contribution in [1.82, 2.24) is 4.90 Å². The van der Waals surface area contributed by atoms with E-state index >= 15 is 0 Å². The maximum atomic E-state index is 14.9. The van der Waals surface area contributed by atoms with E-state index in [2.05, 4.69) is 0 Å². The van der Waals surface area contributed by atoms with E-state index in [-0.39, 0.29) is 17.7 Å². The fraction of sp³-hybridized carbons (Fsp3) is 0.154. The highest BCUT2D eigenvalue weighted by molar-refractivity contribution is 6.46. The SMILES string of the molecule is COc1ccc(/C(O)=C2\C(=O)C(=O)N(Cc3ccc(F)cc3)C2c2ccccc2F)c(C)c1. The van der Waals surface area contributed by atoms with Gasteiger partial charge in [0, 0.05) is 17.7 Å². The third-order valence-corrected chi connectivity index (χ3v) is 5.69. The van der Waals surface area contributed by atoms with E-state index in [1.807, 2.05) is 0 Å². The smallest absolute Gasteiger partial charge is 0.295 e. The molecule has 0 saturated carbocycles. The van der Waals surface area contributed by atoms with Crippen molar-refractivity contribution in [3.63, 3.8) is 0 Å². The van der Waals surface area contributed by atoms with Crippen molar-refractivity contribution in [2.45, 2.75) is 19.5 Å². The number of amides is 1. The number of nitrogens with zero attached hydrogens (tertiary/aromatic N) is 1. The molecular formula is C26H21F2NO4. The van der Waals surface area contributed by atoms with Crippen LogP contribution in [0.2, 0.25) is 0 Å². The molecule has 5 nitrogen and oxygen atoms in total. The molecule has 1 saturated heterocycles. The van der Waals surface area contributed by atoms with Crippen molar-refractivity contribution < 1.29 is 28.2 Å². The van der Waals surface area contributed by atoms with Gasteiger partial charge in [0.2, 0.25) is 0 Å².